The van der Waals surface area contributed by atoms with E-state index in [9.17, 15) is 0 Å². The van der Waals surface area contributed by atoms with E-state index in [4.69, 9.17) is 0 Å². The largest absolute Gasteiger partial charge is 0.310 e. The molecule has 9 aromatic carbocycles. The zero-order valence-corrected chi connectivity index (χ0v) is 31.7. The van der Waals surface area contributed by atoms with Crippen molar-refractivity contribution >= 4 is 49.4 Å². The van der Waals surface area contributed by atoms with Crippen LogP contribution in [0.5, 0.6) is 0 Å². The summed E-state index contributed by atoms with van der Waals surface area (Å²) in [6.07, 6.45) is 0. The second-order valence-electron chi connectivity index (χ2n) is 16.5. The Morgan fingerprint density at radius 2 is 0.764 bits per heavy atom. The molecule has 0 fully saturated rings. The maximum absolute atomic E-state index is 2.51. The first-order valence-electron chi connectivity index (χ1n) is 19.5. The Balaban J connectivity index is 1.13. The summed E-state index contributed by atoms with van der Waals surface area (Å²) < 4.78 is 0. The van der Waals surface area contributed by atoms with Crippen LogP contribution in [0.1, 0.15) is 49.9 Å². The molecule has 0 radical (unpaired) electrons. The molecular weight excluding hydrogens is 663 g/mol. The third-order valence-corrected chi connectivity index (χ3v) is 12.8. The molecule has 0 spiro atoms. The molecule has 2 aliphatic rings. The Morgan fingerprint density at radius 1 is 0.309 bits per heavy atom. The van der Waals surface area contributed by atoms with Crippen LogP contribution in [-0.2, 0) is 10.8 Å². The zero-order valence-electron chi connectivity index (χ0n) is 31.7. The van der Waals surface area contributed by atoms with Crippen molar-refractivity contribution in [2.75, 3.05) is 4.90 Å². The van der Waals surface area contributed by atoms with Crippen LogP contribution in [0.3, 0.4) is 0 Å². The molecule has 9 aromatic rings. The van der Waals surface area contributed by atoms with Crippen molar-refractivity contribution in [2.24, 2.45) is 0 Å². The average Bonchev–Trinajstić information content (AvgIpc) is 3.46. The Morgan fingerprint density at radius 3 is 1.40 bits per heavy atom. The molecule has 11 rings (SSSR count). The van der Waals surface area contributed by atoms with Gasteiger partial charge in [0.05, 0.1) is 11.4 Å². The zero-order chi connectivity index (χ0) is 37.1. The van der Waals surface area contributed by atoms with Crippen LogP contribution in [0.4, 0.5) is 17.1 Å². The van der Waals surface area contributed by atoms with Gasteiger partial charge in [0.1, 0.15) is 0 Å². The van der Waals surface area contributed by atoms with E-state index in [0.29, 0.717) is 0 Å². The first-order chi connectivity index (χ1) is 26.8. The van der Waals surface area contributed by atoms with Gasteiger partial charge in [-0.25, -0.2) is 0 Å². The van der Waals surface area contributed by atoms with Crippen molar-refractivity contribution in [3.63, 3.8) is 0 Å². The van der Waals surface area contributed by atoms with Crippen molar-refractivity contribution in [3.05, 3.63) is 198 Å². The summed E-state index contributed by atoms with van der Waals surface area (Å²) in [6.45, 7) is 9.55. The fourth-order valence-corrected chi connectivity index (χ4v) is 9.92. The Kier molecular flexibility index (Phi) is 6.72. The predicted molar refractivity (Wildman–Crippen MR) is 234 cm³/mol. The first-order valence-corrected chi connectivity index (χ1v) is 19.5. The molecule has 0 amide bonds. The van der Waals surface area contributed by atoms with Gasteiger partial charge >= 0.3 is 0 Å². The van der Waals surface area contributed by atoms with Crippen LogP contribution in [-0.4, -0.2) is 0 Å². The number of rotatable bonds is 3. The molecule has 1 aliphatic heterocycles. The molecule has 1 aliphatic carbocycles. The second-order valence-corrected chi connectivity index (χ2v) is 16.5. The van der Waals surface area contributed by atoms with Crippen molar-refractivity contribution in [1.29, 1.82) is 0 Å². The van der Waals surface area contributed by atoms with Gasteiger partial charge in [0.15, 0.2) is 0 Å². The van der Waals surface area contributed by atoms with E-state index >= 15 is 0 Å². The third-order valence-electron chi connectivity index (χ3n) is 12.8. The molecule has 0 saturated heterocycles. The summed E-state index contributed by atoms with van der Waals surface area (Å²) in [7, 11) is 0. The van der Waals surface area contributed by atoms with E-state index < -0.39 is 0 Å². The van der Waals surface area contributed by atoms with Gasteiger partial charge in [-0.05, 0) is 130 Å². The van der Waals surface area contributed by atoms with Crippen molar-refractivity contribution < 1.29 is 0 Å². The molecule has 0 bridgehead atoms. The first kappa shape index (κ1) is 32.0. The van der Waals surface area contributed by atoms with Crippen molar-refractivity contribution in [3.8, 4) is 33.4 Å². The minimum atomic E-state index is -0.256. The van der Waals surface area contributed by atoms with E-state index in [1.165, 1.54) is 105 Å². The van der Waals surface area contributed by atoms with Gasteiger partial charge < -0.3 is 4.90 Å². The Labute approximate surface area is 323 Å². The van der Waals surface area contributed by atoms with Gasteiger partial charge in [-0.1, -0.05) is 161 Å². The fraction of sp³-hybridized carbons (Fsp3) is 0.111. The van der Waals surface area contributed by atoms with Crippen molar-refractivity contribution in [1.82, 2.24) is 0 Å². The number of fused-ring (bicyclic) bond motifs is 11. The molecular formula is C54H41N. The third kappa shape index (κ3) is 4.60. The highest BCUT2D eigenvalue weighted by atomic mass is 15.2. The van der Waals surface area contributed by atoms with Crippen LogP contribution in [0.2, 0.25) is 0 Å². The predicted octanol–water partition coefficient (Wildman–Crippen LogP) is 14.9. The highest BCUT2D eigenvalue weighted by Gasteiger charge is 2.39. The number of nitrogens with zero attached hydrogens (tertiary/aromatic N) is 1. The highest BCUT2D eigenvalue weighted by molar-refractivity contribution is 6.25. The van der Waals surface area contributed by atoms with Gasteiger partial charge in [-0.15, -0.1) is 0 Å². The summed E-state index contributed by atoms with van der Waals surface area (Å²) in [4.78, 5) is 2.51. The lowest BCUT2D eigenvalue weighted by Gasteiger charge is -2.42. The Bertz CT molecular complexity index is 3000. The standard InChI is InChI=1S/C54H41N/c1-53(2)47-21-13-12-20-44(47)45-26-22-36(30-48(45)53)37-24-29-52-50(32-37)54(3,4)49-31-35(34-14-6-5-7-15-34)23-28-51(49)55(52)38-25-27-43-41-18-9-8-16-39(41)40-17-10-11-19-42(40)46(43)33-38/h5-33H,1-4H3. The molecule has 55 heavy (non-hydrogen) atoms. The molecule has 0 atom stereocenters. The maximum Gasteiger partial charge on any atom is 0.0503 e. The van der Waals surface area contributed by atoms with Crippen LogP contribution < -0.4 is 4.90 Å². The average molecular weight is 704 g/mol. The quantitative estimate of drug-likeness (QED) is 0.166. The van der Waals surface area contributed by atoms with Gasteiger partial charge in [0.25, 0.3) is 0 Å². The second kappa shape index (κ2) is 11.5. The number of benzene rings is 9. The minimum absolute atomic E-state index is 0.0510. The molecule has 0 unspecified atom stereocenters. The summed E-state index contributed by atoms with van der Waals surface area (Å²) in [6, 6.07) is 65.9. The van der Waals surface area contributed by atoms with E-state index in [1.807, 2.05) is 0 Å². The van der Waals surface area contributed by atoms with Crippen molar-refractivity contribution in [2.45, 2.75) is 38.5 Å². The number of hydrogen-bond acceptors (Lipinski definition) is 1. The van der Waals surface area contributed by atoms with Crippen LogP contribution in [0.15, 0.2) is 176 Å². The summed E-state index contributed by atoms with van der Waals surface area (Å²) in [5.74, 6) is 0. The summed E-state index contributed by atoms with van der Waals surface area (Å²) >= 11 is 0. The minimum Gasteiger partial charge on any atom is -0.310 e. The molecule has 1 heteroatoms. The van der Waals surface area contributed by atoms with Crippen LogP contribution in [0, 0.1) is 0 Å². The normalized spacial score (nSPS) is 14.8. The SMILES string of the molecule is CC1(C)c2ccccc2-c2ccc(-c3ccc4c(c3)C(C)(C)c3cc(-c5ccccc5)ccc3N4c3ccc4c5ccccc5c5ccccc5c4c3)cc21. The lowest BCUT2D eigenvalue weighted by Crippen LogP contribution is -2.30. The summed E-state index contributed by atoms with van der Waals surface area (Å²) in [5, 5.41) is 7.73. The monoisotopic (exact) mass is 703 g/mol. The molecule has 1 nitrogen and oxygen atoms in total. The van der Waals surface area contributed by atoms with E-state index in [1.54, 1.807) is 0 Å². The topological polar surface area (TPSA) is 3.24 Å². The van der Waals surface area contributed by atoms with Crippen LogP contribution in [0.25, 0.3) is 65.7 Å². The highest BCUT2D eigenvalue weighted by Crippen LogP contribution is 2.55. The van der Waals surface area contributed by atoms with E-state index in [0.717, 1.165) is 0 Å². The lowest BCUT2D eigenvalue weighted by atomic mass is 9.72. The smallest absolute Gasteiger partial charge is 0.0503 e. The molecule has 0 saturated carbocycles. The fourth-order valence-electron chi connectivity index (χ4n) is 9.92. The van der Waals surface area contributed by atoms with Gasteiger partial charge in [-0.2, -0.15) is 0 Å². The molecule has 0 N–H and O–H groups in total. The van der Waals surface area contributed by atoms with Crippen LogP contribution >= 0.6 is 0 Å². The number of hydrogen-bond donors (Lipinski definition) is 0. The van der Waals surface area contributed by atoms with E-state index in [2.05, 4.69) is 209 Å². The Hall–Kier alpha value is -6.44. The molecule has 262 valence electrons. The lowest BCUT2D eigenvalue weighted by molar-refractivity contribution is 0.632. The summed E-state index contributed by atoms with van der Waals surface area (Å²) in [5.41, 5.74) is 16.5. The van der Waals surface area contributed by atoms with Gasteiger partial charge in [0.2, 0.25) is 0 Å². The molecule has 1 heterocycles. The number of anilines is 3. The van der Waals surface area contributed by atoms with Gasteiger partial charge in [0, 0.05) is 16.5 Å². The maximum atomic E-state index is 2.51. The molecule has 0 aromatic heterocycles. The van der Waals surface area contributed by atoms with E-state index in [-0.39, 0.29) is 10.8 Å². The van der Waals surface area contributed by atoms with Gasteiger partial charge in [-0.3, -0.25) is 0 Å².